The first-order valence-corrected chi connectivity index (χ1v) is 7.99. The number of H-pyrrole nitrogens is 1. The molecule has 1 aliphatic heterocycles. The van der Waals surface area contributed by atoms with Gasteiger partial charge in [-0.1, -0.05) is 11.8 Å². The molecule has 1 amide bonds. The van der Waals surface area contributed by atoms with Crippen LogP contribution in [0.2, 0.25) is 0 Å². The quantitative estimate of drug-likeness (QED) is 0.475. The fourth-order valence-electron chi connectivity index (χ4n) is 2.18. The second kappa shape index (κ2) is 6.36. The van der Waals surface area contributed by atoms with Crippen molar-refractivity contribution in [3.8, 4) is 5.75 Å². The van der Waals surface area contributed by atoms with Gasteiger partial charge in [0.05, 0.1) is 11.4 Å². The first-order valence-electron chi connectivity index (χ1n) is 7.00. The predicted octanol–water partition coefficient (Wildman–Crippen LogP) is 0.682. The number of Topliss-reactive ketones (excluding diaryl/α,β-unsaturated/α-hetero) is 1. The van der Waals surface area contributed by atoms with Crippen LogP contribution in [0.4, 0.5) is 11.5 Å². The van der Waals surface area contributed by atoms with E-state index in [1.165, 1.54) is 11.0 Å². The number of nitrogens with zero attached hydrogens (tertiary/aromatic N) is 2. The highest BCUT2D eigenvalue weighted by atomic mass is 32.2. The number of fused-ring (bicyclic) bond motifs is 1. The van der Waals surface area contributed by atoms with Crippen molar-refractivity contribution in [3.63, 3.8) is 0 Å². The van der Waals surface area contributed by atoms with E-state index in [2.05, 4.69) is 9.97 Å². The Morgan fingerprint density at radius 1 is 1.42 bits per heavy atom. The van der Waals surface area contributed by atoms with Gasteiger partial charge in [-0.2, -0.15) is 0 Å². The number of hydrogen-bond donors (Lipinski definition) is 2. The summed E-state index contributed by atoms with van der Waals surface area (Å²) < 4.78 is 5.33. The van der Waals surface area contributed by atoms with Crippen LogP contribution in [0.3, 0.4) is 0 Å². The Hall–Kier alpha value is -2.81. The minimum Gasteiger partial charge on any atom is -0.482 e. The molecule has 0 radical (unpaired) electrons. The first kappa shape index (κ1) is 16.1. The van der Waals surface area contributed by atoms with Crippen molar-refractivity contribution in [3.05, 3.63) is 40.2 Å². The first-order chi connectivity index (χ1) is 11.4. The number of benzene rings is 1. The summed E-state index contributed by atoms with van der Waals surface area (Å²) in [5.41, 5.74) is 6.12. The largest absolute Gasteiger partial charge is 0.482 e. The van der Waals surface area contributed by atoms with E-state index >= 15 is 0 Å². The highest BCUT2D eigenvalue weighted by molar-refractivity contribution is 7.99. The molecule has 3 N–H and O–H groups in total. The number of carbonyl (C=O) groups is 2. The number of ketones is 1. The number of nitrogens with two attached hydrogens (primary N) is 1. The Kier molecular flexibility index (Phi) is 4.26. The van der Waals surface area contributed by atoms with Gasteiger partial charge in [-0.05, 0) is 18.2 Å². The molecule has 0 saturated heterocycles. The smallest absolute Gasteiger partial charge is 0.264 e. The molecule has 0 spiro atoms. The van der Waals surface area contributed by atoms with Gasteiger partial charge in [0.15, 0.2) is 17.5 Å². The van der Waals surface area contributed by atoms with Gasteiger partial charge >= 0.3 is 0 Å². The van der Waals surface area contributed by atoms with Gasteiger partial charge in [-0.3, -0.25) is 14.4 Å². The number of nitrogens with one attached hydrogen (secondary N) is 1. The van der Waals surface area contributed by atoms with E-state index in [0.29, 0.717) is 17.0 Å². The Morgan fingerprint density at radius 3 is 2.96 bits per heavy atom. The molecular weight excluding hydrogens is 332 g/mol. The fourth-order valence-corrected chi connectivity index (χ4v) is 2.96. The molecule has 24 heavy (non-hydrogen) atoms. The van der Waals surface area contributed by atoms with Crippen molar-refractivity contribution in [2.75, 3.05) is 30.0 Å². The van der Waals surface area contributed by atoms with Gasteiger partial charge in [-0.25, -0.2) is 4.98 Å². The summed E-state index contributed by atoms with van der Waals surface area (Å²) in [4.78, 5) is 43.3. The third-order valence-corrected chi connectivity index (χ3v) is 4.32. The number of aromatic amines is 1. The van der Waals surface area contributed by atoms with Crippen molar-refractivity contribution in [1.82, 2.24) is 9.97 Å². The summed E-state index contributed by atoms with van der Waals surface area (Å²) >= 11 is 1.08. The lowest BCUT2D eigenvalue weighted by Crippen LogP contribution is -2.35. The normalized spacial score (nSPS) is 13.4. The molecule has 124 valence electrons. The van der Waals surface area contributed by atoms with E-state index in [4.69, 9.17) is 10.5 Å². The molecule has 2 aromatic rings. The molecule has 2 heterocycles. The third kappa shape index (κ3) is 3.25. The maximum Gasteiger partial charge on any atom is 0.264 e. The van der Waals surface area contributed by atoms with Crippen LogP contribution in [0.25, 0.3) is 0 Å². The summed E-state index contributed by atoms with van der Waals surface area (Å²) in [7, 11) is 1.63. The Morgan fingerprint density at radius 2 is 2.21 bits per heavy atom. The summed E-state index contributed by atoms with van der Waals surface area (Å²) in [6.07, 6.45) is 0. The maximum absolute atomic E-state index is 12.3. The lowest BCUT2D eigenvalue weighted by molar-refractivity contribution is -0.120. The molecule has 0 saturated carbocycles. The number of hydrogen-bond acceptors (Lipinski definition) is 7. The number of aromatic nitrogens is 2. The maximum atomic E-state index is 12.3. The van der Waals surface area contributed by atoms with E-state index in [-0.39, 0.29) is 40.6 Å². The Labute approximate surface area is 141 Å². The van der Waals surface area contributed by atoms with Gasteiger partial charge in [0.25, 0.3) is 11.5 Å². The average Bonchev–Trinajstić information content (AvgIpc) is 2.55. The zero-order chi connectivity index (χ0) is 17.3. The van der Waals surface area contributed by atoms with E-state index in [1.54, 1.807) is 25.2 Å². The molecule has 9 heteroatoms. The van der Waals surface area contributed by atoms with Gasteiger partial charge in [0.2, 0.25) is 0 Å². The molecule has 0 aliphatic carbocycles. The number of likely N-dealkylation sites (N-methyl/N-ethyl adjacent to an activating group) is 1. The molecule has 0 unspecified atom stereocenters. The molecular formula is C15H14N4O4S. The van der Waals surface area contributed by atoms with E-state index in [0.717, 1.165) is 11.8 Å². The number of amides is 1. The van der Waals surface area contributed by atoms with E-state index in [1.807, 2.05) is 0 Å². The average molecular weight is 346 g/mol. The van der Waals surface area contributed by atoms with Crippen molar-refractivity contribution >= 4 is 35.0 Å². The van der Waals surface area contributed by atoms with Crippen LogP contribution in [0.15, 0.2) is 34.2 Å². The van der Waals surface area contributed by atoms with Crippen LogP contribution in [0, 0.1) is 0 Å². The van der Waals surface area contributed by atoms with Crippen LogP contribution in [-0.4, -0.2) is 41.1 Å². The highest BCUT2D eigenvalue weighted by Gasteiger charge is 2.23. The minimum absolute atomic E-state index is 0.0128. The van der Waals surface area contributed by atoms with Gasteiger partial charge in [0, 0.05) is 18.7 Å². The summed E-state index contributed by atoms with van der Waals surface area (Å²) in [5, 5.41) is 0.280. The molecule has 0 bridgehead atoms. The van der Waals surface area contributed by atoms with Gasteiger partial charge in [-0.15, -0.1) is 0 Å². The summed E-state index contributed by atoms with van der Waals surface area (Å²) in [6, 6.07) is 6.09. The molecule has 3 rings (SSSR count). The van der Waals surface area contributed by atoms with Gasteiger partial charge in [0.1, 0.15) is 11.6 Å². The monoisotopic (exact) mass is 346 g/mol. The van der Waals surface area contributed by atoms with E-state index < -0.39 is 0 Å². The summed E-state index contributed by atoms with van der Waals surface area (Å²) in [5.74, 6) is 0.383. The SMILES string of the molecule is CN1C(=O)COc2ccc(C(=O)CSc3nc(N)cc(=O)[nH]3)cc21. The zero-order valence-electron chi connectivity index (χ0n) is 12.7. The molecule has 1 aromatic carbocycles. The number of anilines is 2. The van der Waals surface area contributed by atoms with Crippen LogP contribution in [0.5, 0.6) is 5.75 Å². The van der Waals surface area contributed by atoms with Crippen molar-refractivity contribution in [2.45, 2.75) is 5.16 Å². The van der Waals surface area contributed by atoms with E-state index in [9.17, 15) is 14.4 Å². The Balaban J connectivity index is 1.76. The number of nitrogen functional groups attached to an aromatic ring is 1. The highest BCUT2D eigenvalue weighted by Crippen LogP contribution is 2.32. The topological polar surface area (TPSA) is 118 Å². The number of carbonyl (C=O) groups excluding carboxylic acids is 2. The van der Waals surface area contributed by atoms with Crippen LogP contribution < -0.4 is 20.9 Å². The predicted molar refractivity (Wildman–Crippen MR) is 89.7 cm³/mol. The van der Waals surface area contributed by atoms with Crippen LogP contribution >= 0.6 is 11.8 Å². The van der Waals surface area contributed by atoms with Gasteiger partial charge < -0.3 is 20.4 Å². The Bertz CT molecular complexity index is 880. The number of rotatable bonds is 4. The van der Waals surface area contributed by atoms with Crippen molar-refractivity contribution in [1.29, 1.82) is 0 Å². The van der Waals surface area contributed by atoms with Crippen LogP contribution in [0.1, 0.15) is 10.4 Å². The fraction of sp³-hybridized carbons (Fsp3) is 0.200. The zero-order valence-corrected chi connectivity index (χ0v) is 13.6. The lowest BCUT2D eigenvalue weighted by atomic mass is 10.1. The number of ether oxygens (including phenoxy) is 1. The molecule has 1 aliphatic rings. The minimum atomic E-state index is -0.372. The molecule has 0 fully saturated rings. The second-order valence-corrected chi connectivity index (χ2v) is 6.08. The standard InChI is InChI=1S/C15H14N4O4S/c1-19-9-4-8(2-3-11(9)23-6-14(19)22)10(20)7-24-15-17-12(16)5-13(21)18-15/h2-5H,6-7H2,1H3,(H3,16,17,18,21). The van der Waals surface area contributed by atoms with Crippen molar-refractivity contribution in [2.24, 2.45) is 0 Å². The molecule has 0 atom stereocenters. The molecule has 1 aromatic heterocycles. The van der Waals surface area contributed by atoms with Crippen molar-refractivity contribution < 1.29 is 14.3 Å². The summed E-state index contributed by atoms with van der Waals surface area (Å²) in [6.45, 7) is -0.0128. The van der Waals surface area contributed by atoms with Crippen LogP contribution in [-0.2, 0) is 4.79 Å². The second-order valence-electron chi connectivity index (χ2n) is 5.11. The third-order valence-electron chi connectivity index (χ3n) is 3.45. The molecule has 8 nitrogen and oxygen atoms in total. The lowest BCUT2D eigenvalue weighted by Gasteiger charge is -2.26. The number of thioether (sulfide) groups is 1.